The number of nitrogens with two attached hydrogens (primary N) is 1. The second-order valence-corrected chi connectivity index (χ2v) is 9.25. The summed E-state index contributed by atoms with van der Waals surface area (Å²) < 4.78 is 24.0. The van der Waals surface area contributed by atoms with E-state index in [4.69, 9.17) is 5.14 Å². The van der Waals surface area contributed by atoms with E-state index < -0.39 is 10.2 Å². The van der Waals surface area contributed by atoms with Crippen molar-refractivity contribution in [3.8, 4) is 0 Å². The lowest BCUT2D eigenvalue weighted by atomic mass is 9.69. The zero-order valence-corrected chi connectivity index (χ0v) is 16.6. The zero-order valence-electron chi connectivity index (χ0n) is 15.8. The Morgan fingerprint density at radius 1 is 1.04 bits per heavy atom. The summed E-state index contributed by atoms with van der Waals surface area (Å²) in [5, 5.41) is 8.30. The maximum absolute atomic E-state index is 12.5. The first kappa shape index (κ1) is 20.3. The molecule has 8 heteroatoms. The number of carbonyl (C=O) groups is 1. The van der Waals surface area contributed by atoms with Gasteiger partial charge in [-0.1, -0.05) is 49.6 Å². The van der Waals surface area contributed by atoms with Crippen molar-refractivity contribution in [3.05, 3.63) is 35.9 Å². The second kappa shape index (κ2) is 8.68. The molecule has 27 heavy (non-hydrogen) atoms. The van der Waals surface area contributed by atoms with E-state index in [2.05, 4.69) is 29.6 Å². The number of nitrogens with one attached hydrogen (secondary N) is 1. The lowest BCUT2D eigenvalue weighted by Crippen LogP contribution is -2.53. The highest BCUT2D eigenvalue weighted by molar-refractivity contribution is 7.86. The molecule has 0 unspecified atom stereocenters. The van der Waals surface area contributed by atoms with Crippen LogP contribution in [0.5, 0.6) is 0 Å². The smallest absolute Gasteiger partial charge is 0.276 e. The summed E-state index contributed by atoms with van der Waals surface area (Å²) in [7, 11) is -3.64. The Morgan fingerprint density at radius 3 is 2.26 bits per heavy atom. The van der Waals surface area contributed by atoms with Crippen LogP contribution < -0.4 is 10.5 Å². The van der Waals surface area contributed by atoms with E-state index >= 15 is 0 Å². The van der Waals surface area contributed by atoms with Crippen molar-refractivity contribution in [2.24, 2.45) is 5.14 Å². The average molecular weight is 395 g/mol. The van der Waals surface area contributed by atoms with Crippen LogP contribution >= 0.6 is 0 Å². The van der Waals surface area contributed by atoms with Crippen LogP contribution in [0.2, 0.25) is 0 Å². The third-order valence-corrected chi connectivity index (χ3v) is 6.96. The van der Waals surface area contributed by atoms with Crippen LogP contribution in [0.1, 0.15) is 37.7 Å². The Balaban J connectivity index is 1.53. The van der Waals surface area contributed by atoms with Crippen molar-refractivity contribution in [1.29, 1.82) is 0 Å². The van der Waals surface area contributed by atoms with Crippen molar-refractivity contribution in [2.45, 2.75) is 37.5 Å². The van der Waals surface area contributed by atoms with Crippen molar-refractivity contribution < 1.29 is 13.2 Å². The lowest BCUT2D eigenvalue weighted by Gasteiger charge is -2.38. The van der Waals surface area contributed by atoms with Crippen LogP contribution in [0.25, 0.3) is 0 Å². The fourth-order valence-electron chi connectivity index (χ4n) is 4.26. The average Bonchev–Trinajstić information content (AvgIpc) is 2.68. The van der Waals surface area contributed by atoms with Crippen LogP contribution in [0, 0.1) is 0 Å². The van der Waals surface area contributed by atoms with E-state index in [1.165, 1.54) is 29.1 Å². The fourth-order valence-corrected chi connectivity index (χ4v) is 4.93. The number of hydrogen-bond donors (Lipinski definition) is 2. The van der Waals surface area contributed by atoms with E-state index in [0.29, 0.717) is 39.3 Å². The lowest BCUT2D eigenvalue weighted by molar-refractivity contribution is -0.122. The third-order valence-electron chi connectivity index (χ3n) is 5.88. The minimum absolute atomic E-state index is 0.0000600. The molecule has 1 saturated carbocycles. The monoisotopic (exact) mass is 394 g/mol. The highest BCUT2D eigenvalue weighted by Crippen LogP contribution is 2.38. The molecule has 0 spiro atoms. The number of carbonyl (C=O) groups excluding carboxylic acids is 1. The van der Waals surface area contributed by atoms with Crippen LogP contribution in [0.3, 0.4) is 0 Å². The van der Waals surface area contributed by atoms with Crippen LogP contribution in [-0.2, 0) is 20.4 Å². The Bertz CT molecular complexity index is 725. The van der Waals surface area contributed by atoms with Gasteiger partial charge in [-0.15, -0.1) is 0 Å². The standard InChI is InChI=1S/C19H30N4O3S/c20-27(25,26)23-13-11-22(12-14-23)15-18(24)21-16-19(9-5-2-6-10-19)17-7-3-1-4-8-17/h1,3-4,7-8H,2,5-6,9-16H2,(H,21,24)(H2,20,25,26). The van der Waals surface area contributed by atoms with E-state index in [1.807, 2.05) is 11.0 Å². The third kappa shape index (κ3) is 5.28. The molecule has 1 heterocycles. The molecular weight excluding hydrogens is 364 g/mol. The number of piperazine rings is 1. The summed E-state index contributed by atoms with van der Waals surface area (Å²) in [6.07, 6.45) is 5.85. The molecule has 1 saturated heterocycles. The van der Waals surface area contributed by atoms with Gasteiger partial charge in [-0.05, 0) is 18.4 Å². The molecule has 3 N–H and O–H groups in total. The molecule has 1 aromatic rings. The van der Waals surface area contributed by atoms with Crippen molar-refractivity contribution in [2.75, 3.05) is 39.3 Å². The van der Waals surface area contributed by atoms with Gasteiger partial charge in [0, 0.05) is 38.1 Å². The normalized spacial score (nSPS) is 21.7. The molecule has 150 valence electrons. The van der Waals surface area contributed by atoms with Crippen LogP contribution in [-0.4, -0.2) is 62.8 Å². The number of hydrogen-bond acceptors (Lipinski definition) is 4. The Hall–Kier alpha value is -1.48. The molecule has 0 bridgehead atoms. The van der Waals surface area contributed by atoms with Gasteiger partial charge < -0.3 is 5.32 Å². The minimum atomic E-state index is -3.64. The highest BCUT2D eigenvalue weighted by Gasteiger charge is 2.34. The molecule has 2 aliphatic rings. The van der Waals surface area contributed by atoms with Crippen molar-refractivity contribution >= 4 is 16.1 Å². The van der Waals surface area contributed by atoms with Gasteiger partial charge in [0.15, 0.2) is 0 Å². The number of rotatable bonds is 6. The summed E-state index contributed by atoms with van der Waals surface area (Å²) >= 11 is 0. The van der Waals surface area contributed by atoms with E-state index in [-0.39, 0.29) is 11.3 Å². The molecule has 2 fully saturated rings. The molecular formula is C19H30N4O3S. The van der Waals surface area contributed by atoms with Gasteiger partial charge in [-0.25, -0.2) is 5.14 Å². The summed E-state index contributed by atoms with van der Waals surface area (Å²) in [5.74, 6) is -0.0000600. The predicted molar refractivity (Wildman–Crippen MR) is 105 cm³/mol. The molecule has 1 aliphatic carbocycles. The summed E-state index contributed by atoms with van der Waals surface area (Å²) in [5.41, 5.74) is 1.34. The van der Waals surface area contributed by atoms with Crippen molar-refractivity contribution in [3.63, 3.8) is 0 Å². The topological polar surface area (TPSA) is 95.7 Å². The van der Waals surface area contributed by atoms with Gasteiger partial charge in [-0.2, -0.15) is 12.7 Å². The second-order valence-electron chi connectivity index (χ2n) is 7.70. The summed E-state index contributed by atoms with van der Waals surface area (Å²) in [4.78, 5) is 14.5. The zero-order chi connectivity index (χ0) is 19.3. The van der Waals surface area contributed by atoms with E-state index in [0.717, 1.165) is 12.8 Å². The van der Waals surface area contributed by atoms with Gasteiger partial charge in [0.25, 0.3) is 10.2 Å². The predicted octanol–water partition coefficient (Wildman–Crippen LogP) is 0.826. The largest absolute Gasteiger partial charge is 0.354 e. The van der Waals surface area contributed by atoms with Gasteiger partial charge >= 0.3 is 0 Å². The molecule has 0 radical (unpaired) electrons. The van der Waals surface area contributed by atoms with Gasteiger partial charge in [0.05, 0.1) is 6.54 Å². The Labute approximate surface area is 162 Å². The SMILES string of the molecule is NS(=O)(=O)N1CCN(CC(=O)NCC2(c3ccccc3)CCCCC2)CC1. The first-order valence-corrected chi connectivity index (χ1v) is 11.2. The van der Waals surface area contributed by atoms with Crippen LogP contribution in [0.15, 0.2) is 30.3 Å². The highest BCUT2D eigenvalue weighted by atomic mass is 32.2. The first-order chi connectivity index (χ1) is 12.9. The Kier molecular flexibility index (Phi) is 6.52. The first-order valence-electron chi connectivity index (χ1n) is 9.72. The number of benzene rings is 1. The van der Waals surface area contributed by atoms with Crippen LogP contribution in [0.4, 0.5) is 0 Å². The minimum Gasteiger partial charge on any atom is -0.354 e. The molecule has 0 atom stereocenters. The summed E-state index contributed by atoms with van der Waals surface area (Å²) in [6, 6.07) is 10.5. The molecule has 3 rings (SSSR count). The quantitative estimate of drug-likeness (QED) is 0.747. The maximum atomic E-state index is 12.5. The molecule has 7 nitrogen and oxygen atoms in total. The van der Waals surface area contributed by atoms with E-state index in [1.54, 1.807) is 0 Å². The molecule has 1 amide bonds. The molecule has 0 aromatic heterocycles. The molecule has 1 aliphatic heterocycles. The van der Waals surface area contributed by atoms with Gasteiger partial charge in [0.1, 0.15) is 0 Å². The van der Waals surface area contributed by atoms with Gasteiger partial charge in [0.2, 0.25) is 5.91 Å². The van der Waals surface area contributed by atoms with Crippen molar-refractivity contribution in [1.82, 2.24) is 14.5 Å². The number of nitrogens with zero attached hydrogens (tertiary/aromatic N) is 2. The maximum Gasteiger partial charge on any atom is 0.276 e. The van der Waals surface area contributed by atoms with Gasteiger partial charge in [-0.3, -0.25) is 9.69 Å². The Morgan fingerprint density at radius 2 is 1.67 bits per heavy atom. The fraction of sp³-hybridized carbons (Fsp3) is 0.632. The van der Waals surface area contributed by atoms with E-state index in [9.17, 15) is 13.2 Å². The summed E-state index contributed by atoms with van der Waals surface area (Å²) in [6.45, 7) is 2.66. The molecule has 1 aromatic carbocycles. The number of amides is 1.